The number of nitrogens with zero attached hydrogens (tertiary/aromatic N) is 8. The zero-order valence-corrected chi connectivity index (χ0v) is 28.0. The van der Waals surface area contributed by atoms with Gasteiger partial charge >= 0.3 is 6.01 Å². The van der Waals surface area contributed by atoms with E-state index < -0.39 is 23.3 Å². The number of hydrogen-bond acceptors (Lipinski definition) is 14. The van der Waals surface area contributed by atoms with Gasteiger partial charge < -0.3 is 29.7 Å². The van der Waals surface area contributed by atoms with Crippen LogP contribution in [0.3, 0.4) is 0 Å². The monoisotopic (exact) mass is 749 g/mol. The first-order valence-corrected chi connectivity index (χ1v) is 16.6. The lowest BCUT2D eigenvalue weighted by atomic mass is 9.72. The lowest BCUT2D eigenvalue weighted by Crippen LogP contribution is -2.43. The van der Waals surface area contributed by atoms with Crippen LogP contribution in [0.4, 0.5) is 15.3 Å². The Balaban J connectivity index is 1.40. The van der Waals surface area contributed by atoms with Crippen molar-refractivity contribution in [3.63, 3.8) is 0 Å². The highest BCUT2D eigenvalue weighted by Crippen LogP contribution is 2.48. The van der Waals surface area contributed by atoms with E-state index in [0.717, 1.165) is 23.3 Å². The molecule has 6 atom stereocenters. The van der Waals surface area contributed by atoms with Crippen LogP contribution in [0.1, 0.15) is 55.0 Å². The molecule has 2 saturated heterocycles. The lowest BCUT2D eigenvalue weighted by Gasteiger charge is -2.30. The van der Waals surface area contributed by atoms with E-state index >= 15 is 0 Å². The number of nitrogens with two attached hydrogens (primary N) is 1. The number of terminal acetylenes is 1. The molecule has 0 amide bonds. The van der Waals surface area contributed by atoms with Crippen molar-refractivity contribution < 1.29 is 23.5 Å². The van der Waals surface area contributed by atoms with Crippen LogP contribution in [0.15, 0.2) is 4.52 Å². The summed E-state index contributed by atoms with van der Waals surface area (Å²) < 4.78 is 31.7. The highest BCUT2D eigenvalue weighted by molar-refractivity contribution is 14.1. The van der Waals surface area contributed by atoms with E-state index in [0.29, 0.717) is 29.4 Å². The first-order valence-electron chi connectivity index (χ1n) is 14.5. The second-order valence-electron chi connectivity index (χ2n) is 12.2. The molecule has 6 rings (SSSR count). The summed E-state index contributed by atoms with van der Waals surface area (Å²) in [4.78, 5) is 23.1. The van der Waals surface area contributed by atoms with Crippen LogP contribution in [0.25, 0.3) is 11.6 Å². The zero-order valence-electron chi connectivity index (χ0n) is 25.0. The van der Waals surface area contributed by atoms with Gasteiger partial charge in [-0.15, -0.1) is 17.8 Å². The average molecular weight is 750 g/mol. The number of nitrogen functional groups attached to an aromatic ring is 1. The van der Waals surface area contributed by atoms with Gasteiger partial charge in [-0.1, -0.05) is 11.1 Å². The highest BCUT2D eigenvalue weighted by atomic mass is 127. The molecule has 2 aliphatic heterocycles. The summed E-state index contributed by atoms with van der Waals surface area (Å²) in [7, 11) is 1.79. The summed E-state index contributed by atoms with van der Waals surface area (Å²) in [5, 5.41) is 25.5. The second-order valence-corrected chi connectivity index (χ2v) is 14.8. The molecule has 0 spiro atoms. The van der Waals surface area contributed by atoms with Gasteiger partial charge in [0.2, 0.25) is 23.5 Å². The molecule has 0 aromatic carbocycles. The summed E-state index contributed by atoms with van der Waals surface area (Å²) >= 11 is 3.56. The van der Waals surface area contributed by atoms with Gasteiger partial charge in [0.25, 0.3) is 0 Å². The molecule has 3 aliphatic rings. The van der Waals surface area contributed by atoms with Crippen LogP contribution < -0.4 is 15.4 Å². The summed E-state index contributed by atoms with van der Waals surface area (Å²) in [6, 6.07) is 1.77. The molecular weight excluding hydrogens is 716 g/mol. The predicted octanol–water partition coefficient (Wildman–Crippen LogP) is 2.85. The van der Waals surface area contributed by atoms with Gasteiger partial charge in [-0.25, -0.2) is 4.39 Å². The molecule has 1 aliphatic carbocycles. The fraction of sp³-hybridized carbons (Fsp3) is 0.586. The maximum absolute atomic E-state index is 14.2. The normalized spacial score (nSPS) is 29.4. The number of likely N-dealkylation sites (tertiary alicyclic amines) is 1. The average Bonchev–Trinajstić information content (AvgIpc) is 3.69. The summed E-state index contributed by atoms with van der Waals surface area (Å²) in [6.07, 6.45) is 6.55. The Morgan fingerprint density at radius 3 is 2.78 bits per heavy atom. The second kappa shape index (κ2) is 12.2. The minimum Gasteiger partial charge on any atom is -0.445 e. The topological polar surface area (TPSA) is 173 Å². The smallest absolute Gasteiger partial charge is 0.323 e. The molecule has 0 saturated carbocycles. The number of nitriles is 1. The van der Waals surface area contributed by atoms with Crippen molar-refractivity contribution in [1.29, 1.82) is 5.26 Å². The SMILES string of the molecule is C#C[C@H](Oc1nc(-c2noc([C@@]3(C)CCCc4sc(N)c(C#N)c43)n2)nc(N2C[C@@H](I)OC[C@](C)(O)C2)n1)[C@@H]1C[C@@H](F)CN1C. The van der Waals surface area contributed by atoms with Gasteiger partial charge in [-0.3, -0.25) is 4.90 Å². The lowest BCUT2D eigenvalue weighted by molar-refractivity contribution is -0.0163. The molecule has 5 heterocycles. The molecule has 16 heteroatoms. The third-order valence-electron chi connectivity index (χ3n) is 8.50. The van der Waals surface area contributed by atoms with E-state index in [9.17, 15) is 14.8 Å². The van der Waals surface area contributed by atoms with Crippen molar-refractivity contribution in [3.05, 3.63) is 21.9 Å². The number of β-amino-alcohol motifs (C(OH)–C–C–N with tert-alkyl or cyclic N) is 1. The number of aliphatic hydroxyl groups is 1. The van der Waals surface area contributed by atoms with Crippen LogP contribution in [-0.4, -0.2) is 96.4 Å². The number of likely N-dealkylation sites (N-methyl/N-ethyl adjacent to an activating group) is 1. The van der Waals surface area contributed by atoms with Gasteiger partial charge in [-0.2, -0.15) is 25.2 Å². The number of hydrogen-bond donors (Lipinski definition) is 2. The van der Waals surface area contributed by atoms with E-state index in [4.69, 9.17) is 31.1 Å². The number of ether oxygens (including phenoxy) is 2. The first-order chi connectivity index (χ1) is 21.4. The maximum Gasteiger partial charge on any atom is 0.323 e. The molecule has 238 valence electrons. The van der Waals surface area contributed by atoms with Crippen LogP contribution >= 0.6 is 33.9 Å². The molecule has 0 radical (unpaired) electrons. The molecular formula is C29H33FIN9O4S. The van der Waals surface area contributed by atoms with E-state index in [-0.39, 0.29) is 59.9 Å². The Morgan fingerprint density at radius 1 is 1.27 bits per heavy atom. The molecule has 0 unspecified atom stereocenters. The minimum absolute atomic E-state index is 0.0590. The van der Waals surface area contributed by atoms with Gasteiger partial charge in [0.05, 0.1) is 36.7 Å². The van der Waals surface area contributed by atoms with Crippen molar-refractivity contribution in [2.75, 3.05) is 43.9 Å². The standard InChI is InChI=1S/C29H33FIN9O4S/c1-5-18(17-9-15(30)11-39(17)4)43-27-36-23(35-26(37-27)40-12-20(31)42-14-28(2,41)13-40)24-34-25(44-38-24)29(3)8-6-7-19-21(29)16(10-32)22(33)45-19/h1,15,17-18,20,41H,6-9,11-14,33H2,2-4H3/t15-,17+,18+,20+,28-,29+/m1/s1. The zero-order chi connectivity index (χ0) is 32.1. The Labute approximate surface area is 277 Å². The number of fused-ring (bicyclic) bond motifs is 1. The minimum atomic E-state index is -1.19. The largest absolute Gasteiger partial charge is 0.445 e. The Hall–Kier alpha value is -3.16. The number of aryl methyl sites for hydroxylation is 1. The first kappa shape index (κ1) is 31.8. The highest BCUT2D eigenvalue weighted by Gasteiger charge is 2.43. The van der Waals surface area contributed by atoms with Crippen LogP contribution in [-0.2, 0) is 16.6 Å². The predicted molar refractivity (Wildman–Crippen MR) is 172 cm³/mol. The molecule has 3 aromatic rings. The molecule has 0 bridgehead atoms. The molecule has 2 fully saturated rings. The van der Waals surface area contributed by atoms with Gasteiger partial charge in [0.15, 0.2) is 6.10 Å². The summed E-state index contributed by atoms with van der Waals surface area (Å²) in [5.41, 5.74) is 5.52. The van der Waals surface area contributed by atoms with Crippen LogP contribution in [0, 0.1) is 23.7 Å². The fourth-order valence-electron chi connectivity index (χ4n) is 6.31. The Bertz CT molecular complexity index is 1670. The Kier molecular flexibility index (Phi) is 8.64. The van der Waals surface area contributed by atoms with E-state index in [2.05, 4.69) is 54.7 Å². The van der Waals surface area contributed by atoms with E-state index in [1.54, 1.807) is 18.9 Å². The van der Waals surface area contributed by atoms with Crippen LogP contribution in [0.5, 0.6) is 6.01 Å². The molecule has 3 N–H and O–H groups in total. The van der Waals surface area contributed by atoms with E-state index in [1.807, 2.05) is 11.8 Å². The van der Waals surface area contributed by atoms with Crippen molar-refractivity contribution in [2.45, 2.75) is 73.0 Å². The number of thiophene rings is 1. The quantitative estimate of drug-likeness (QED) is 0.214. The van der Waals surface area contributed by atoms with Gasteiger partial charge in [0.1, 0.15) is 27.0 Å². The number of rotatable bonds is 6. The van der Waals surface area contributed by atoms with Crippen molar-refractivity contribution in [3.8, 4) is 36.1 Å². The molecule has 3 aromatic heterocycles. The van der Waals surface area contributed by atoms with Crippen molar-refractivity contribution in [2.24, 2.45) is 0 Å². The van der Waals surface area contributed by atoms with Crippen molar-refractivity contribution >= 4 is 44.9 Å². The number of aromatic nitrogens is 5. The fourth-order valence-corrected chi connectivity index (χ4v) is 8.16. The summed E-state index contributed by atoms with van der Waals surface area (Å²) in [5.74, 6) is 3.25. The van der Waals surface area contributed by atoms with E-state index in [1.165, 1.54) is 11.3 Å². The van der Waals surface area contributed by atoms with Crippen molar-refractivity contribution in [1.82, 2.24) is 30.0 Å². The number of anilines is 2. The number of halogens is 2. The van der Waals surface area contributed by atoms with Crippen LogP contribution in [0.2, 0.25) is 0 Å². The Morgan fingerprint density at radius 2 is 2.07 bits per heavy atom. The molecule has 13 nitrogen and oxygen atoms in total. The van der Waals surface area contributed by atoms with Gasteiger partial charge in [-0.05, 0) is 69.2 Å². The van der Waals surface area contributed by atoms with Gasteiger partial charge in [0, 0.05) is 17.0 Å². The third-order valence-corrected chi connectivity index (χ3v) is 10.3. The summed E-state index contributed by atoms with van der Waals surface area (Å²) in [6.45, 7) is 4.54. The third kappa shape index (κ3) is 6.18. The maximum atomic E-state index is 14.2. The number of alkyl halides is 2. The molecule has 45 heavy (non-hydrogen) atoms.